The number of furan rings is 1. The second kappa shape index (κ2) is 6.89. The van der Waals surface area contributed by atoms with Crippen LogP contribution in [-0.4, -0.2) is 63.0 Å². The number of morpholine rings is 1. The predicted molar refractivity (Wildman–Crippen MR) is 89.2 cm³/mol. The second-order valence-electron chi connectivity index (χ2n) is 6.43. The number of carbonyl (C=O) groups excluding carboxylic acids is 2. The van der Waals surface area contributed by atoms with Crippen LogP contribution >= 0.6 is 0 Å². The lowest BCUT2D eigenvalue weighted by molar-refractivity contribution is 0.000426. The molecular formula is C16H22N2O6S. The number of nitrogens with zero attached hydrogens (tertiary/aromatic N) is 1. The van der Waals surface area contributed by atoms with Gasteiger partial charge in [-0.2, -0.15) is 4.31 Å². The number of sulfonamides is 1. The molecule has 1 N–H and O–H groups in total. The largest absolute Gasteiger partial charge is 0.465 e. The summed E-state index contributed by atoms with van der Waals surface area (Å²) >= 11 is 0. The lowest BCUT2D eigenvalue weighted by Gasteiger charge is -2.31. The molecule has 1 fully saturated rings. The lowest BCUT2D eigenvalue weighted by Crippen LogP contribution is -2.49. The number of amides is 1. The maximum Gasteiger partial charge on any atom is 0.255 e. The van der Waals surface area contributed by atoms with E-state index in [9.17, 15) is 18.0 Å². The zero-order valence-corrected chi connectivity index (χ0v) is 15.1. The van der Waals surface area contributed by atoms with Crippen molar-refractivity contribution in [1.29, 1.82) is 0 Å². The highest BCUT2D eigenvalue weighted by atomic mass is 32.2. The van der Waals surface area contributed by atoms with Crippen LogP contribution in [0.4, 0.5) is 0 Å². The van der Waals surface area contributed by atoms with E-state index < -0.39 is 22.0 Å². The summed E-state index contributed by atoms with van der Waals surface area (Å²) in [4.78, 5) is 24.7. The number of nitrogens with one attached hydrogen (secondary N) is 1. The third kappa shape index (κ3) is 3.78. The summed E-state index contributed by atoms with van der Waals surface area (Å²) in [5.41, 5.74) is 0.680. The van der Waals surface area contributed by atoms with Crippen LogP contribution in [0.25, 0.3) is 0 Å². The fourth-order valence-corrected chi connectivity index (χ4v) is 4.14. The van der Waals surface area contributed by atoms with Crippen molar-refractivity contribution in [2.75, 3.05) is 32.5 Å². The molecule has 1 aliphatic heterocycles. The van der Waals surface area contributed by atoms with Crippen LogP contribution in [0.5, 0.6) is 0 Å². The average molecular weight is 370 g/mol. The Morgan fingerprint density at radius 1 is 1.36 bits per heavy atom. The minimum Gasteiger partial charge on any atom is -0.465 e. The Kier molecular flexibility index (Phi) is 4.99. The molecule has 1 amide bonds. The Balaban J connectivity index is 1.68. The highest BCUT2D eigenvalue weighted by molar-refractivity contribution is 7.88. The van der Waals surface area contributed by atoms with Gasteiger partial charge in [0.15, 0.2) is 5.78 Å². The van der Waals surface area contributed by atoms with Gasteiger partial charge in [-0.3, -0.25) is 9.59 Å². The van der Waals surface area contributed by atoms with Gasteiger partial charge in [-0.15, -0.1) is 0 Å². The molecule has 0 aromatic carbocycles. The number of rotatable bonds is 4. The first-order valence-corrected chi connectivity index (χ1v) is 10.1. The first-order valence-electron chi connectivity index (χ1n) is 8.27. The van der Waals surface area contributed by atoms with Crippen LogP contribution in [0.15, 0.2) is 4.42 Å². The SMILES string of the molecule is Cc1oc2c(c1C(=O)NC[C@@H]1CN(S(C)(=O)=O)CCO1)C(=O)CCC2. The van der Waals surface area contributed by atoms with Gasteiger partial charge in [0.2, 0.25) is 10.0 Å². The molecule has 1 aromatic heterocycles. The molecule has 0 unspecified atom stereocenters. The summed E-state index contributed by atoms with van der Waals surface area (Å²) in [6, 6.07) is 0. The molecule has 25 heavy (non-hydrogen) atoms. The number of Topliss-reactive ketones (excluding diaryl/α,β-unsaturated/α-hetero) is 1. The third-order valence-electron chi connectivity index (χ3n) is 4.53. The van der Waals surface area contributed by atoms with Crippen LogP contribution in [-0.2, 0) is 21.2 Å². The highest BCUT2D eigenvalue weighted by Gasteiger charge is 2.31. The Labute approximate surface area is 146 Å². The number of ketones is 1. The quantitative estimate of drug-likeness (QED) is 0.827. The minimum atomic E-state index is -3.29. The number of hydrogen-bond acceptors (Lipinski definition) is 6. The molecule has 0 radical (unpaired) electrons. The molecule has 1 saturated heterocycles. The highest BCUT2D eigenvalue weighted by Crippen LogP contribution is 2.29. The zero-order valence-electron chi connectivity index (χ0n) is 14.3. The maximum atomic E-state index is 12.6. The molecule has 2 aliphatic rings. The molecule has 0 spiro atoms. The molecule has 1 aliphatic carbocycles. The van der Waals surface area contributed by atoms with Crippen molar-refractivity contribution in [2.24, 2.45) is 0 Å². The molecule has 138 valence electrons. The van der Waals surface area contributed by atoms with Gasteiger partial charge in [-0.1, -0.05) is 0 Å². The Bertz CT molecular complexity index is 798. The smallest absolute Gasteiger partial charge is 0.255 e. The van der Waals surface area contributed by atoms with Crippen LogP contribution in [0.3, 0.4) is 0 Å². The van der Waals surface area contributed by atoms with Gasteiger partial charge in [0.25, 0.3) is 5.91 Å². The van der Waals surface area contributed by atoms with Crippen molar-refractivity contribution in [3.8, 4) is 0 Å². The summed E-state index contributed by atoms with van der Waals surface area (Å²) in [7, 11) is -3.29. The summed E-state index contributed by atoms with van der Waals surface area (Å²) in [5, 5.41) is 2.74. The van der Waals surface area contributed by atoms with Crippen LogP contribution in [0.2, 0.25) is 0 Å². The van der Waals surface area contributed by atoms with E-state index in [1.807, 2.05) is 0 Å². The van der Waals surface area contributed by atoms with Crippen molar-refractivity contribution in [3.63, 3.8) is 0 Å². The third-order valence-corrected chi connectivity index (χ3v) is 5.80. The Morgan fingerprint density at radius 3 is 2.84 bits per heavy atom. The van der Waals surface area contributed by atoms with Crippen molar-refractivity contribution in [1.82, 2.24) is 9.62 Å². The molecular weight excluding hydrogens is 348 g/mol. The topological polar surface area (TPSA) is 106 Å². The first kappa shape index (κ1) is 18.1. The summed E-state index contributed by atoms with van der Waals surface area (Å²) < 4.78 is 35.7. The number of ether oxygens (including phenoxy) is 1. The molecule has 9 heteroatoms. The Morgan fingerprint density at radius 2 is 2.12 bits per heavy atom. The standard InChI is InChI=1S/C16H22N2O6S/c1-10-14(15-12(19)4-3-5-13(15)24-10)16(20)17-8-11-9-18(6-7-23-11)25(2,21)22/h11H,3-9H2,1-2H3,(H,17,20)/t11-/m1/s1. The predicted octanol–water partition coefficient (Wildman–Crippen LogP) is 0.497. The normalized spacial score (nSPS) is 21.8. The van der Waals surface area contributed by atoms with Gasteiger partial charge in [-0.25, -0.2) is 8.42 Å². The summed E-state index contributed by atoms with van der Waals surface area (Å²) in [5.74, 6) is 0.550. The molecule has 1 aromatic rings. The fourth-order valence-electron chi connectivity index (χ4n) is 3.29. The molecule has 3 rings (SSSR count). The van der Waals surface area contributed by atoms with Gasteiger partial charge in [-0.05, 0) is 13.3 Å². The number of fused-ring (bicyclic) bond motifs is 1. The van der Waals surface area contributed by atoms with E-state index in [1.54, 1.807) is 6.92 Å². The average Bonchev–Trinajstić information content (AvgIpc) is 2.89. The van der Waals surface area contributed by atoms with E-state index in [-0.39, 0.29) is 31.0 Å². The van der Waals surface area contributed by atoms with Crippen molar-refractivity contribution in [2.45, 2.75) is 32.3 Å². The monoisotopic (exact) mass is 370 g/mol. The van der Waals surface area contributed by atoms with E-state index in [1.165, 1.54) is 4.31 Å². The van der Waals surface area contributed by atoms with Gasteiger partial charge in [0, 0.05) is 32.5 Å². The van der Waals surface area contributed by atoms with Gasteiger partial charge < -0.3 is 14.5 Å². The molecule has 0 saturated carbocycles. The molecule has 8 nitrogen and oxygen atoms in total. The minimum absolute atomic E-state index is 0.0691. The van der Waals surface area contributed by atoms with E-state index in [0.717, 1.165) is 12.7 Å². The van der Waals surface area contributed by atoms with Gasteiger partial charge in [0.1, 0.15) is 11.5 Å². The Hall–Kier alpha value is -1.71. The van der Waals surface area contributed by atoms with Gasteiger partial charge >= 0.3 is 0 Å². The summed E-state index contributed by atoms with van der Waals surface area (Å²) in [6.07, 6.45) is 2.54. The number of carbonyl (C=O) groups is 2. The first-order chi connectivity index (χ1) is 11.8. The molecule has 0 bridgehead atoms. The number of hydrogen-bond donors (Lipinski definition) is 1. The van der Waals surface area contributed by atoms with Crippen LogP contribution in [0.1, 0.15) is 45.1 Å². The fraction of sp³-hybridized carbons (Fsp3) is 0.625. The van der Waals surface area contributed by atoms with E-state index >= 15 is 0 Å². The second-order valence-corrected chi connectivity index (χ2v) is 8.41. The van der Waals surface area contributed by atoms with Crippen molar-refractivity contribution in [3.05, 3.63) is 22.6 Å². The maximum absolute atomic E-state index is 12.6. The summed E-state index contributed by atoms with van der Waals surface area (Å²) in [6.45, 7) is 2.63. The number of aryl methyl sites for hydroxylation is 2. The van der Waals surface area contributed by atoms with Crippen LogP contribution < -0.4 is 5.32 Å². The van der Waals surface area contributed by atoms with Crippen molar-refractivity contribution < 1.29 is 27.2 Å². The van der Waals surface area contributed by atoms with E-state index in [0.29, 0.717) is 36.5 Å². The molecule has 2 heterocycles. The van der Waals surface area contributed by atoms with E-state index in [2.05, 4.69) is 5.32 Å². The van der Waals surface area contributed by atoms with Gasteiger partial charge in [0.05, 0.1) is 30.1 Å². The lowest BCUT2D eigenvalue weighted by atomic mass is 9.93. The van der Waals surface area contributed by atoms with Crippen LogP contribution in [0, 0.1) is 6.92 Å². The molecule has 1 atom stereocenters. The van der Waals surface area contributed by atoms with Crippen molar-refractivity contribution >= 4 is 21.7 Å². The zero-order chi connectivity index (χ0) is 18.2. The van der Waals surface area contributed by atoms with E-state index in [4.69, 9.17) is 9.15 Å².